The molecule has 0 saturated carbocycles. The van der Waals surface area contributed by atoms with Crippen LogP contribution in [0, 0.1) is 6.92 Å². The monoisotopic (exact) mass is 312 g/mol. The Balaban J connectivity index is 2.05. The fourth-order valence-electron chi connectivity index (χ4n) is 2.46. The molecule has 3 nitrogen and oxygen atoms in total. The lowest BCUT2D eigenvalue weighted by atomic mass is 10.0. The summed E-state index contributed by atoms with van der Waals surface area (Å²) in [6.07, 6.45) is 2.90. The number of rotatable bonds is 8. The zero-order valence-electron chi connectivity index (χ0n) is 13.8. The minimum atomic E-state index is -0.941. The van der Waals surface area contributed by atoms with E-state index in [2.05, 4.69) is 19.1 Å². The number of ether oxygens (including phenoxy) is 1. The number of carboxylic acids is 1. The first-order valence-corrected chi connectivity index (χ1v) is 8.13. The average Bonchev–Trinajstić information content (AvgIpc) is 2.55. The molecule has 0 aromatic heterocycles. The molecule has 122 valence electrons. The molecule has 0 fully saturated rings. The van der Waals surface area contributed by atoms with Crippen molar-refractivity contribution in [2.45, 2.75) is 45.6 Å². The van der Waals surface area contributed by atoms with Gasteiger partial charge in [-0.15, -0.1) is 0 Å². The highest BCUT2D eigenvalue weighted by molar-refractivity contribution is 5.73. The van der Waals surface area contributed by atoms with E-state index in [1.165, 1.54) is 18.4 Å². The normalized spacial score (nSPS) is 11.9. The summed E-state index contributed by atoms with van der Waals surface area (Å²) in [4.78, 5) is 11.5. The topological polar surface area (TPSA) is 46.5 Å². The molecule has 1 N–H and O–H groups in total. The summed E-state index contributed by atoms with van der Waals surface area (Å²) in [7, 11) is 0. The minimum absolute atomic E-state index is 0.359. The third-order valence-corrected chi connectivity index (χ3v) is 3.90. The second-order valence-corrected chi connectivity index (χ2v) is 5.83. The van der Waals surface area contributed by atoms with Gasteiger partial charge in [0.2, 0.25) is 0 Å². The molecule has 0 aliphatic heterocycles. The molecule has 1 atom stereocenters. The maximum absolute atomic E-state index is 11.5. The lowest BCUT2D eigenvalue weighted by molar-refractivity contribution is -0.145. The van der Waals surface area contributed by atoms with Gasteiger partial charge in [0.25, 0.3) is 0 Å². The van der Waals surface area contributed by atoms with Crippen LogP contribution in [0.25, 0.3) is 0 Å². The van der Waals surface area contributed by atoms with Crippen LogP contribution in [0.5, 0.6) is 5.75 Å². The summed E-state index contributed by atoms with van der Waals surface area (Å²) in [5, 5.41) is 9.43. The van der Waals surface area contributed by atoms with Crippen LogP contribution < -0.4 is 4.74 Å². The summed E-state index contributed by atoms with van der Waals surface area (Å²) < 4.78 is 5.71. The lowest BCUT2D eigenvalue weighted by Gasteiger charge is -2.17. The smallest absolute Gasteiger partial charge is 0.345 e. The van der Waals surface area contributed by atoms with E-state index in [1.54, 1.807) is 6.07 Å². The van der Waals surface area contributed by atoms with Gasteiger partial charge in [0.15, 0.2) is 6.10 Å². The average molecular weight is 312 g/mol. The second-order valence-electron chi connectivity index (χ2n) is 5.83. The molecular formula is C20H24O3. The van der Waals surface area contributed by atoms with Crippen LogP contribution in [0.2, 0.25) is 0 Å². The number of benzene rings is 2. The van der Waals surface area contributed by atoms with E-state index in [-0.39, 0.29) is 0 Å². The molecule has 0 unspecified atom stereocenters. The Morgan fingerprint density at radius 3 is 2.35 bits per heavy atom. The molecule has 0 heterocycles. The van der Waals surface area contributed by atoms with Crippen LogP contribution >= 0.6 is 0 Å². The standard InChI is InChI=1S/C20H24O3/c1-3-4-8-16-10-12-17(13-11-16)14-19(20(21)22)23-18-9-6-5-7-15(18)2/h5-7,9-13,19H,3-4,8,14H2,1-2H3,(H,21,22)/t19-/m1/s1. The molecule has 0 aliphatic rings. The van der Waals surface area contributed by atoms with Crippen molar-refractivity contribution in [2.24, 2.45) is 0 Å². The molecule has 23 heavy (non-hydrogen) atoms. The Labute approximate surface area is 137 Å². The van der Waals surface area contributed by atoms with E-state index < -0.39 is 12.1 Å². The van der Waals surface area contributed by atoms with E-state index in [9.17, 15) is 9.90 Å². The van der Waals surface area contributed by atoms with Gasteiger partial charge in [0, 0.05) is 6.42 Å². The minimum Gasteiger partial charge on any atom is -0.478 e. The molecule has 2 aromatic rings. The van der Waals surface area contributed by atoms with Gasteiger partial charge in [-0.3, -0.25) is 0 Å². The van der Waals surface area contributed by atoms with Crippen molar-refractivity contribution in [2.75, 3.05) is 0 Å². The van der Waals surface area contributed by atoms with Crippen LogP contribution in [-0.4, -0.2) is 17.2 Å². The van der Waals surface area contributed by atoms with Crippen molar-refractivity contribution in [1.29, 1.82) is 0 Å². The molecule has 2 rings (SSSR count). The first-order chi connectivity index (χ1) is 11.1. The number of hydrogen-bond donors (Lipinski definition) is 1. The summed E-state index contributed by atoms with van der Waals surface area (Å²) in [6.45, 7) is 4.09. The number of hydrogen-bond acceptors (Lipinski definition) is 2. The van der Waals surface area contributed by atoms with Crippen LogP contribution in [0.3, 0.4) is 0 Å². The predicted octanol–water partition coefficient (Wildman–Crippen LogP) is 4.41. The van der Waals surface area contributed by atoms with Gasteiger partial charge >= 0.3 is 5.97 Å². The zero-order valence-corrected chi connectivity index (χ0v) is 13.8. The highest BCUT2D eigenvalue weighted by Gasteiger charge is 2.20. The van der Waals surface area contributed by atoms with Gasteiger partial charge in [-0.2, -0.15) is 0 Å². The van der Waals surface area contributed by atoms with E-state index in [1.807, 2.05) is 37.3 Å². The Bertz CT molecular complexity index is 632. The first kappa shape index (κ1) is 17.1. The molecule has 0 bridgehead atoms. The molecule has 0 amide bonds. The summed E-state index contributed by atoms with van der Waals surface area (Å²) in [5.74, 6) is -0.317. The summed E-state index contributed by atoms with van der Waals surface area (Å²) in [6, 6.07) is 15.6. The Kier molecular flexibility index (Phi) is 6.21. The maximum Gasteiger partial charge on any atom is 0.345 e. The van der Waals surface area contributed by atoms with E-state index in [0.717, 1.165) is 17.5 Å². The third-order valence-electron chi connectivity index (χ3n) is 3.90. The predicted molar refractivity (Wildman–Crippen MR) is 92.0 cm³/mol. The zero-order chi connectivity index (χ0) is 16.7. The van der Waals surface area contributed by atoms with Crippen molar-refractivity contribution in [3.8, 4) is 5.75 Å². The maximum atomic E-state index is 11.5. The Morgan fingerprint density at radius 1 is 1.09 bits per heavy atom. The van der Waals surface area contributed by atoms with Crippen molar-refractivity contribution in [3.05, 3.63) is 65.2 Å². The Hall–Kier alpha value is -2.29. The molecule has 0 spiro atoms. The number of carbonyl (C=O) groups is 1. The highest BCUT2D eigenvalue weighted by Crippen LogP contribution is 2.20. The number of para-hydroxylation sites is 1. The van der Waals surface area contributed by atoms with Crippen molar-refractivity contribution in [3.63, 3.8) is 0 Å². The van der Waals surface area contributed by atoms with Gasteiger partial charge in [0.05, 0.1) is 0 Å². The number of carboxylic acid groups (broad SMARTS) is 1. The molecule has 0 aliphatic carbocycles. The van der Waals surface area contributed by atoms with Crippen LogP contribution in [0.4, 0.5) is 0 Å². The van der Waals surface area contributed by atoms with Gasteiger partial charge in [-0.05, 0) is 42.5 Å². The van der Waals surface area contributed by atoms with Crippen LogP contribution in [0.1, 0.15) is 36.5 Å². The first-order valence-electron chi connectivity index (χ1n) is 8.13. The summed E-state index contributed by atoms with van der Waals surface area (Å²) in [5.41, 5.74) is 3.21. The number of aliphatic carboxylic acids is 1. The van der Waals surface area contributed by atoms with E-state index in [4.69, 9.17) is 4.74 Å². The largest absolute Gasteiger partial charge is 0.478 e. The molecule has 3 heteroatoms. The third kappa shape index (κ3) is 5.13. The summed E-state index contributed by atoms with van der Waals surface area (Å²) >= 11 is 0. The van der Waals surface area contributed by atoms with Crippen molar-refractivity contribution >= 4 is 5.97 Å². The second kappa shape index (κ2) is 8.37. The molecule has 0 radical (unpaired) electrons. The van der Waals surface area contributed by atoms with Gasteiger partial charge in [0.1, 0.15) is 5.75 Å². The molecule has 2 aromatic carbocycles. The number of unbranched alkanes of at least 4 members (excludes halogenated alkanes) is 1. The van der Waals surface area contributed by atoms with Gasteiger partial charge in [-0.1, -0.05) is 55.8 Å². The number of aryl methyl sites for hydroxylation is 2. The molecular weight excluding hydrogens is 288 g/mol. The van der Waals surface area contributed by atoms with Crippen molar-refractivity contribution < 1.29 is 14.6 Å². The highest BCUT2D eigenvalue weighted by atomic mass is 16.5. The lowest BCUT2D eigenvalue weighted by Crippen LogP contribution is -2.29. The SMILES string of the molecule is CCCCc1ccc(C[C@@H](Oc2ccccc2C)C(=O)O)cc1. The fourth-order valence-corrected chi connectivity index (χ4v) is 2.46. The van der Waals surface area contributed by atoms with Crippen LogP contribution in [-0.2, 0) is 17.6 Å². The van der Waals surface area contributed by atoms with Crippen LogP contribution in [0.15, 0.2) is 48.5 Å². The van der Waals surface area contributed by atoms with E-state index >= 15 is 0 Å². The quantitative estimate of drug-likeness (QED) is 0.785. The molecule has 0 saturated heterocycles. The van der Waals surface area contributed by atoms with Crippen molar-refractivity contribution in [1.82, 2.24) is 0 Å². The van der Waals surface area contributed by atoms with Gasteiger partial charge < -0.3 is 9.84 Å². The fraction of sp³-hybridized carbons (Fsp3) is 0.350. The van der Waals surface area contributed by atoms with Gasteiger partial charge in [-0.25, -0.2) is 4.79 Å². The van der Waals surface area contributed by atoms with E-state index in [0.29, 0.717) is 12.2 Å². The Morgan fingerprint density at radius 2 is 1.74 bits per heavy atom.